The van der Waals surface area contributed by atoms with Gasteiger partial charge in [-0.1, -0.05) is 17.4 Å². The van der Waals surface area contributed by atoms with Gasteiger partial charge in [-0.15, -0.1) is 0 Å². The average Bonchev–Trinajstić information content (AvgIpc) is 3.32. The van der Waals surface area contributed by atoms with Crippen LogP contribution in [0, 0.1) is 0 Å². The number of aromatic nitrogens is 2. The van der Waals surface area contributed by atoms with Crippen molar-refractivity contribution in [2.45, 2.75) is 13.5 Å². The molecule has 2 aromatic heterocycles. The highest BCUT2D eigenvalue weighted by Crippen LogP contribution is 2.40. The zero-order valence-corrected chi connectivity index (χ0v) is 20.0. The summed E-state index contributed by atoms with van der Waals surface area (Å²) >= 11 is 1.36. The summed E-state index contributed by atoms with van der Waals surface area (Å²) in [5.74, 6) is 2.36. The van der Waals surface area contributed by atoms with E-state index in [1.807, 2.05) is 37.3 Å². The first-order valence-corrected chi connectivity index (χ1v) is 11.5. The Kier molecular flexibility index (Phi) is 7.44. The van der Waals surface area contributed by atoms with Crippen LogP contribution in [-0.2, 0) is 11.3 Å². The number of carbonyl (C=O) groups is 1. The number of rotatable bonds is 10. The molecule has 2 heterocycles. The molecule has 0 aliphatic carbocycles. The minimum absolute atomic E-state index is 0.154. The molecule has 1 amide bonds. The van der Waals surface area contributed by atoms with Gasteiger partial charge in [0.15, 0.2) is 11.7 Å². The van der Waals surface area contributed by atoms with Crippen molar-refractivity contribution >= 4 is 32.6 Å². The van der Waals surface area contributed by atoms with E-state index in [1.165, 1.54) is 11.3 Å². The Hall–Kier alpha value is -3.85. The third-order valence-corrected chi connectivity index (χ3v) is 6.08. The summed E-state index contributed by atoms with van der Waals surface area (Å²) in [4.78, 5) is 23.8. The summed E-state index contributed by atoms with van der Waals surface area (Å²) in [5, 5.41) is 0.516. The van der Waals surface area contributed by atoms with Gasteiger partial charge < -0.3 is 18.9 Å². The number of methoxy groups -OCH3 is 2. The van der Waals surface area contributed by atoms with Crippen molar-refractivity contribution in [1.82, 2.24) is 9.97 Å². The molecular weight excluding hydrogens is 454 g/mol. The Balaban J connectivity index is 1.62. The van der Waals surface area contributed by atoms with Crippen molar-refractivity contribution in [2.24, 2.45) is 0 Å². The second kappa shape index (κ2) is 10.8. The summed E-state index contributed by atoms with van der Waals surface area (Å²) in [6, 6.07) is 14.5. The number of nitrogens with zero attached hydrogens (tertiary/aromatic N) is 3. The number of pyridine rings is 1. The van der Waals surface area contributed by atoms with Gasteiger partial charge in [-0.2, -0.15) is 0 Å². The summed E-state index contributed by atoms with van der Waals surface area (Å²) in [5.41, 5.74) is 1.51. The van der Waals surface area contributed by atoms with E-state index in [0.717, 1.165) is 16.0 Å². The predicted octanol–water partition coefficient (Wildman–Crippen LogP) is 4.72. The Morgan fingerprint density at radius 3 is 2.32 bits per heavy atom. The molecule has 0 aliphatic heterocycles. The van der Waals surface area contributed by atoms with Crippen molar-refractivity contribution in [1.29, 1.82) is 0 Å². The molecule has 4 aromatic rings. The van der Waals surface area contributed by atoms with Crippen LogP contribution in [0.25, 0.3) is 10.2 Å². The highest BCUT2D eigenvalue weighted by molar-refractivity contribution is 7.22. The van der Waals surface area contributed by atoms with Crippen molar-refractivity contribution in [2.75, 3.05) is 32.3 Å². The van der Waals surface area contributed by atoms with E-state index in [0.29, 0.717) is 41.0 Å². The molecule has 176 valence electrons. The normalized spacial score (nSPS) is 10.7. The molecule has 0 N–H and O–H groups in total. The van der Waals surface area contributed by atoms with Gasteiger partial charge in [0.1, 0.15) is 33.2 Å². The Labute approximate surface area is 201 Å². The van der Waals surface area contributed by atoms with E-state index in [4.69, 9.17) is 23.9 Å². The third kappa shape index (κ3) is 5.20. The van der Waals surface area contributed by atoms with Crippen molar-refractivity contribution in [3.05, 3.63) is 66.5 Å². The molecule has 0 bridgehead atoms. The fourth-order valence-electron chi connectivity index (χ4n) is 3.35. The SMILES string of the molecule is CCOc1ccc(OCC(=O)N(Cc2cccnc2)c2nc3c(OC)ccc(OC)c3s2)cc1. The van der Waals surface area contributed by atoms with E-state index >= 15 is 0 Å². The average molecular weight is 480 g/mol. The zero-order chi connectivity index (χ0) is 23.9. The van der Waals surface area contributed by atoms with Crippen LogP contribution in [0.4, 0.5) is 5.13 Å². The molecule has 0 atom stereocenters. The summed E-state index contributed by atoms with van der Waals surface area (Å²) in [7, 11) is 3.19. The van der Waals surface area contributed by atoms with E-state index < -0.39 is 0 Å². The number of carbonyl (C=O) groups excluding carboxylic acids is 1. The molecule has 0 saturated carbocycles. The number of hydrogen-bond donors (Lipinski definition) is 0. The third-order valence-electron chi connectivity index (χ3n) is 4.99. The van der Waals surface area contributed by atoms with Crippen LogP contribution >= 0.6 is 11.3 Å². The minimum atomic E-state index is -0.241. The van der Waals surface area contributed by atoms with E-state index in [-0.39, 0.29) is 12.5 Å². The molecule has 34 heavy (non-hydrogen) atoms. The van der Waals surface area contributed by atoms with Gasteiger partial charge >= 0.3 is 0 Å². The van der Waals surface area contributed by atoms with Crippen LogP contribution in [0.2, 0.25) is 0 Å². The van der Waals surface area contributed by atoms with Gasteiger partial charge in [-0.25, -0.2) is 4.98 Å². The maximum atomic E-state index is 13.3. The Morgan fingerprint density at radius 1 is 0.971 bits per heavy atom. The lowest BCUT2D eigenvalue weighted by Gasteiger charge is -2.20. The molecular formula is C25H25N3O5S. The van der Waals surface area contributed by atoms with Crippen LogP contribution in [0.15, 0.2) is 60.9 Å². The minimum Gasteiger partial charge on any atom is -0.495 e. The largest absolute Gasteiger partial charge is 0.495 e. The molecule has 8 nitrogen and oxygen atoms in total. The van der Waals surface area contributed by atoms with Crippen LogP contribution in [0.5, 0.6) is 23.0 Å². The fraction of sp³-hybridized carbons (Fsp3) is 0.240. The number of hydrogen-bond acceptors (Lipinski definition) is 8. The van der Waals surface area contributed by atoms with E-state index in [9.17, 15) is 4.79 Å². The highest BCUT2D eigenvalue weighted by Gasteiger charge is 2.23. The zero-order valence-electron chi connectivity index (χ0n) is 19.2. The van der Waals surface area contributed by atoms with Gasteiger partial charge in [-0.05, 0) is 55.0 Å². The molecule has 0 radical (unpaired) electrons. The molecule has 0 spiro atoms. The first kappa shape index (κ1) is 23.3. The molecule has 0 saturated heterocycles. The van der Waals surface area contributed by atoms with Crippen LogP contribution < -0.4 is 23.8 Å². The topological polar surface area (TPSA) is 83.0 Å². The summed E-state index contributed by atoms with van der Waals surface area (Å²) in [6.07, 6.45) is 3.42. The van der Waals surface area contributed by atoms with Gasteiger partial charge in [-0.3, -0.25) is 14.7 Å². The number of fused-ring (bicyclic) bond motifs is 1. The van der Waals surface area contributed by atoms with Crippen LogP contribution in [0.1, 0.15) is 12.5 Å². The molecule has 2 aromatic carbocycles. The number of benzene rings is 2. The number of amides is 1. The number of thiazole rings is 1. The smallest absolute Gasteiger partial charge is 0.267 e. The van der Waals surface area contributed by atoms with Gasteiger partial charge in [0, 0.05) is 12.4 Å². The maximum absolute atomic E-state index is 13.3. The summed E-state index contributed by atoms with van der Waals surface area (Å²) in [6.45, 7) is 2.65. The summed E-state index contributed by atoms with van der Waals surface area (Å²) < 4.78 is 23.0. The Bertz CT molecular complexity index is 1200. The number of anilines is 1. The van der Waals surface area contributed by atoms with Crippen molar-refractivity contribution in [3.8, 4) is 23.0 Å². The lowest BCUT2D eigenvalue weighted by Crippen LogP contribution is -2.34. The van der Waals surface area contributed by atoms with Crippen molar-refractivity contribution < 1.29 is 23.7 Å². The molecule has 0 aliphatic rings. The lowest BCUT2D eigenvalue weighted by atomic mass is 10.2. The molecule has 0 unspecified atom stereocenters. The molecule has 0 fully saturated rings. The van der Waals surface area contributed by atoms with Crippen LogP contribution in [0.3, 0.4) is 0 Å². The fourth-order valence-corrected chi connectivity index (χ4v) is 4.44. The number of ether oxygens (including phenoxy) is 4. The quantitative estimate of drug-likeness (QED) is 0.325. The van der Waals surface area contributed by atoms with Crippen LogP contribution in [-0.4, -0.2) is 43.3 Å². The molecule has 4 rings (SSSR count). The van der Waals surface area contributed by atoms with E-state index in [1.54, 1.807) is 49.7 Å². The van der Waals surface area contributed by atoms with Gasteiger partial charge in [0.25, 0.3) is 5.91 Å². The maximum Gasteiger partial charge on any atom is 0.267 e. The second-order valence-corrected chi connectivity index (χ2v) is 8.16. The Morgan fingerprint density at radius 2 is 1.68 bits per heavy atom. The predicted molar refractivity (Wildman–Crippen MR) is 131 cm³/mol. The second-order valence-electron chi connectivity index (χ2n) is 7.18. The van der Waals surface area contributed by atoms with Crippen molar-refractivity contribution in [3.63, 3.8) is 0 Å². The monoisotopic (exact) mass is 479 g/mol. The molecule has 9 heteroatoms. The van der Waals surface area contributed by atoms with Gasteiger partial charge in [0.2, 0.25) is 0 Å². The van der Waals surface area contributed by atoms with E-state index in [2.05, 4.69) is 4.98 Å². The lowest BCUT2D eigenvalue weighted by molar-refractivity contribution is -0.120. The first-order chi connectivity index (χ1) is 16.6. The van der Waals surface area contributed by atoms with Gasteiger partial charge in [0.05, 0.1) is 27.4 Å². The standard InChI is InChI=1S/C25H25N3O5S/c1-4-32-18-7-9-19(10-8-18)33-16-22(29)28(15-17-6-5-13-26-14-17)25-27-23-20(30-2)11-12-21(31-3)24(23)34-25/h5-14H,4,15-16H2,1-3H3. The first-order valence-electron chi connectivity index (χ1n) is 10.7. The highest BCUT2D eigenvalue weighted by atomic mass is 32.1.